The highest BCUT2D eigenvalue weighted by atomic mass is 16.5. The first-order chi connectivity index (χ1) is 11.5. The van der Waals surface area contributed by atoms with E-state index in [2.05, 4.69) is 10.6 Å². The summed E-state index contributed by atoms with van der Waals surface area (Å²) >= 11 is 0. The molecule has 0 bridgehead atoms. The molecule has 2 amide bonds. The first-order valence-corrected chi connectivity index (χ1v) is 8.31. The second-order valence-electron chi connectivity index (χ2n) is 5.46. The van der Waals surface area contributed by atoms with E-state index in [0.29, 0.717) is 24.5 Å². The summed E-state index contributed by atoms with van der Waals surface area (Å²) < 4.78 is 5.32. The molecule has 0 aliphatic rings. The van der Waals surface area contributed by atoms with Crippen LogP contribution >= 0.6 is 0 Å². The number of carbonyl (C=O) groups excluding carboxylic acids is 3. The summed E-state index contributed by atoms with van der Waals surface area (Å²) in [5.74, 6) is 0.0615. The Morgan fingerprint density at radius 3 is 2.33 bits per heavy atom. The van der Waals surface area contributed by atoms with Crippen LogP contribution in [-0.4, -0.2) is 36.8 Å². The molecule has 0 fully saturated rings. The number of benzene rings is 1. The second-order valence-corrected chi connectivity index (χ2v) is 5.46. The lowest BCUT2D eigenvalue weighted by Crippen LogP contribution is -2.45. The third-order valence-corrected chi connectivity index (χ3v) is 3.39. The van der Waals surface area contributed by atoms with Crippen molar-refractivity contribution in [1.29, 1.82) is 0 Å². The van der Waals surface area contributed by atoms with E-state index >= 15 is 0 Å². The lowest BCUT2D eigenvalue weighted by atomic mass is 10.1. The van der Waals surface area contributed by atoms with Gasteiger partial charge < -0.3 is 15.4 Å². The minimum Gasteiger partial charge on any atom is -0.494 e. The maximum absolute atomic E-state index is 12.1. The quantitative estimate of drug-likeness (QED) is 0.642. The van der Waals surface area contributed by atoms with Gasteiger partial charge >= 0.3 is 0 Å². The molecule has 6 nitrogen and oxygen atoms in total. The summed E-state index contributed by atoms with van der Waals surface area (Å²) in [5, 5.41) is 5.31. The van der Waals surface area contributed by atoms with Crippen LogP contribution in [0.25, 0.3) is 0 Å². The summed E-state index contributed by atoms with van der Waals surface area (Å²) in [6.07, 6.45) is 0.990. The van der Waals surface area contributed by atoms with E-state index in [4.69, 9.17) is 4.74 Å². The Morgan fingerprint density at radius 2 is 1.75 bits per heavy atom. The van der Waals surface area contributed by atoms with Gasteiger partial charge in [-0.15, -0.1) is 0 Å². The summed E-state index contributed by atoms with van der Waals surface area (Å²) in [7, 11) is 0. The maximum atomic E-state index is 12.1. The zero-order valence-electron chi connectivity index (χ0n) is 14.6. The van der Waals surface area contributed by atoms with Crippen molar-refractivity contribution >= 4 is 17.6 Å². The van der Waals surface area contributed by atoms with Gasteiger partial charge in [0.2, 0.25) is 11.8 Å². The van der Waals surface area contributed by atoms with Crippen molar-refractivity contribution in [3.63, 3.8) is 0 Å². The molecule has 0 aromatic heterocycles. The van der Waals surface area contributed by atoms with Gasteiger partial charge in [-0.05, 0) is 44.5 Å². The molecule has 132 valence electrons. The summed E-state index contributed by atoms with van der Waals surface area (Å²) in [6, 6.07) is 6.23. The Kier molecular flexibility index (Phi) is 8.54. The zero-order chi connectivity index (χ0) is 17.9. The van der Waals surface area contributed by atoms with Crippen molar-refractivity contribution in [1.82, 2.24) is 10.6 Å². The number of Topliss-reactive ketones (excluding diaryl/α,β-unsaturated/α-hetero) is 1. The summed E-state index contributed by atoms with van der Waals surface area (Å²) in [6.45, 7) is 6.61. The van der Waals surface area contributed by atoms with Gasteiger partial charge in [0.05, 0.1) is 6.61 Å². The molecule has 1 aromatic rings. The highest BCUT2D eigenvalue weighted by molar-refractivity contribution is 5.98. The van der Waals surface area contributed by atoms with Gasteiger partial charge in [0, 0.05) is 24.9 Å². The number of rotatable bonds is 10. The average Bonchev–Trinajstić information content (AvgIpc) is 2.58. The third kappa shape index (κ3) is 6.81. The minimum absolute atomic E-state index is 0.0530. The Morgan fingerprint density at radius 1 is 1.08 bits per heavy atom. The van der Waals surface area contributed by atoms with Crippen LogP contribution in [0.2, 0.25) is 0 Å². The van der Waals surface area contributed by atoms with Crippen LogP contribution in [0.5, 0.6) is 5.75 Å². The fraction of sp³-hybridized carbons (Fsp3) is 0.500. The second kappa shape index (κ2) is 10.4. The van der Waals surface area contributed by atoms with E-state index in [9.17, 15) is 14.4 Å². The molecule has 2 N–H and O–H groups in total. The smallest absolute Gasteiger partial charge is 0.242 e. The van der Waals surface area contributed by atoms with Crippen LogP contribution in [0.15, 0.2) is 24.3 Å². The van der Waals surface area contributed by atoms with Gasteiger partial charge in [-0.1, -0.05) is 6.92 Å². The zero-order valence-corrected chi connectivity index (χ0v) is 14.6. The van der Waals surface area contributed by atoms with Gasteiger partial charge in [0.25, 0.3) is 0 Å². The van der Waals surface area contributed by atoms with Crippen LogP contribution < -0.4 is 15.4 Å². The van der Waals surface area contributed by atoms with Crippen LogP contribution in [-0.2, 0) is 9.59 Å². The average molecular weight is 334 g/mol. The van der Waals surface area contributed by atoms with Gasteiger partial charge in [-0.2, -0.15) is 0 Å². The largest absolute Gasteiger partial charge is 0.494 e. The van der Waals surface area contributed by atoms with Gasteiger partial charge in [-0.25, -0.2) is 0 Å². The van der Waals surface area contributed by atoms with E-state index in [1.54, 1.807) is 31.2 Å². The Balaban J connectivity index is 2.40. The van der Waals surface area contributed by atoms with E-state index < -0.39 is 6.04 Å². The number of hydrogen-bond acceptors (Lipinski definition) is 4. The lowest BCUT2D eigenvalue weighted by molar-refractivity contribution is -0.128. The van der Waals surface area contributed by atoms with Crippen molar-refractivity contribution < 1.29 is 19.1 Å². The first-order valence-electron chi connectivity index (χ1n) is 8.31. The number of hydrogen-bond donors (Lipinski definition) is 2. The molecule has 0 unspecified atom stereocenters. The minimum atomic E-state index is -0.607. The molecule has 1 rings (SSSR count). The molecule has 0 radical (unpaired) electrons. The maximum Gasteiger partial charge on any atom is 0.242 e. The monoisotopic (exact) mass is 334 g/mol. The van der Waals surface area contributed by atoms with Crippen LogP contribution in [0.4, 0.5) is 0 Å². The molecule has 24 heavy (non-hydrogen) atoms. The summed E-state index contributed by atoms with van der Waals surface area (Å²) in [5.41, 5.74) is 0.542. The highest BCUT2D eigenvalue weighted by Crippen LogP contribution is 2.14. The molecular weight excluding hydrogens is 308 g/mol. The molecule has 0 saturated heterocycles. The Labute approximate surface area is 143 Å². The van der Waals surface area contributed by atoms with Gasteiger partial charge in [0.1, 0.15) is 11.8 Å². The Hall–Kier alpha value is -2.37. The topological polar surface area (TPSA) is 84.5 Å². The van der Waals surface area contributed by atoms with Crippen LogP contribution in [0, 0.1) is 0 Å². The van der Waals surface area contributed by atoms with E-state index in [1.165, 1.54) is 0 Å². The van der Waals surface area contributed by atoms with Crippen molar-refractivity contribution in [2.75, 3.05) is 13.2 Å². The van der Waals surface area contributed by atoms with E-state index in [1.807, 2.05) is 13.8 Å². The molecule has 0 aliphatic heterocycles. The van der Waals surface area contributed by atoms with E-state index in [-0.39, 0.29) is 30.4 Å². The molecule has 1 atom stereocenters. The molecule has 0 aliphatic carbocycles. The SMILES string of the molecule is CCCNC(=O)[C@@H](C)NC(=O)CCC(=O)c1ccc(OCC)cc1. The van der Waals surface area contributed by atoms with Crippen molar-refractivity contribution in [3.05, 3.63) is 29.8 Å². The van der Waals surface area contributed by atoms with Crippen molar-refractivity contribution in [2.24, 2.45) is 0 Å². The summed E-state index contributed by atoms with van der Waals surface area (Å²) in [4.78, 5) is 35.6. The van der Waals surface area contributed by atoms with E-state index in [0.717, 1.165) is 6.42 Å². The predicted molar refractivity (Wildman–Crippen MR) is 92.1 cm³/mol. The predicted octanol–water partition coefficient (Wildman–Crippen LogP) is 2.08. The normalized spacial score (nSPS) is 11.5. The number of carbonyl (C=O) groups is 3. The molecule has 6 heteroatoms. The molecule has 0 saturated carbocycles. The fourth-order valence-corrected chi connectivity index (χ4v) is 2.06. The first kappa shape index (κ1) is 19.7. The number of ether oxygens (including phenoxy) is 1. The standard InChI is InChI=1S/C18H26N2O4/c1-4-12-19-18(23)13(3)20-17(22)11-10-16(21)14-6-8-15(9-7-14)24-5-2/h6-9,13H,4-5,10-12H2,1-3H3,(H,19,23)(H,20,22)/t13-/m1/s1. The lowest BCUT2D eigenvalue weighted by Gasteiger charge is -2.13. The fourth-order valence-electron chi connectivity index (χ4n) is 2.06. The van der Waals surface area contributed by atoms with Gasteiger partial charge in [0.15, 0.2) is 5.78 Å². The van der Waals surface area contributed by atoms with Crippen molar-refractivity contribution in [3.8, 4) is 5.75 Å². The molecule has 0 heterocycles. The third-order valence-electron chi connectivity index (χ3n) is 3.39. The highest BCUT2D eigenvalue weighted by Gasteiger charge is 2.16. The number of nitrogens with one attached hydrogen (secondary N) is 2. The molecule has 1 aromatic carbocycles. The van der Waals surface area contributed by atoms with Gasteiger partial charge in [-0.3, -0.25) is 14.4 Å². The van der Waals surface area contributed by atoms with Crippen LogP contribution in [0.1, 0.15) is 50.4 Å². The Bertz CT molecular complexity index is 555. The number of ketones is 1. The van der Waals surface area contributed by atoms with Crippen LogP contribution in [0.3, 0.4) is 0 Å². The molecular formula is C18H26N2O4. The van der Waals surface area contributed by atoms with Crippen molar-refractivity contribution in [2.45, 2.75) is 46.1 Å². The number of amides is 2. The molecule has 0 spiro atoms.